The van der Waals surface area contributed by atoms with Gasteiger partial charge in [0, 0.05) is 17.5 Å². The molecule has 3 rings (SSSR count). The predicted molar refractivity (Wildman–Crippen MR) is 95.7 cm³/mol. The average molecular weight is 370 g/mol. The molecule has 2 aliphatic heterocycles. The van der Waals surface area contributed by atoms with Gasteiger partial charge in [-0.05, 0) is 38.9 Å². The van der Waals surface area contributed by atoms with Gasteiger partial charge in [-0.1, -0.05) is 6.42 Å². The number of hydrogen-bond acceptors (Lipinski definition) is 6. The normalized spacial score (nSPS) is 27.5. The summed E-state index contributed by atoms with van der Waals surface area (Å²) in [6, 6.07) is -0.434. The summed E-state index contributed by atoms with van der Waals surface area (Å²) in [5.41, 5.74) is 0.749. The Morgan fingerprint density at radius 1 is 1.33 bits per heavy atom. The van der Waals surface area contributed by atoms with E-state index in [9.17, 15) is 13.2 Å². The zero-order valence-electron chi connectivity index (χ0n) is 13.8. The van der Waals surface area contributed by atoms with Gasteiger partial charge in [-0.25, -0.2) is 13.4 Å². The van der Waals surface area contributed by atoms with Crippen molar-refractivity contribution in [2.75, 3.05) is 24.6 Å². The molecule has 2 unspecified atom stereocenters. The SMILES string of the molecule is Cc1nc(/C=C/C(=O)NC2CS(=O)(=O)CC2N2CCCCC2)cs1. The van der Waals surface area contributed by atoms with Gasteiger partial charge in [-0.15, -0.1) is 11.3 Å². The third-order valence-corrected chi connectivity index (χ3v) is 7.06. The van der Waals surface area contributed by atoms with Crippen molar-refractivity contribution in [3.8, 4) is 0 Å². The maximum atomic E-state index is 12.2. The maximum Gasteiger partial charge on any atom is 0.244 e. The van der Waals surface area contributed by atoms with Crippen molar-refractivity contribution in [2.45, 2.75) is 38.3 Å². The van der Waals surface area contributed by atoms with Crippen molar-refractivity contribution >= 4 is 33.2 Å². The Morgan fingerprint density at radius 2 is 2.08 bits per heavy atom. The van der Waals surface area contributed by atoms with Crippen LogP contribution in [-0.2, 0) is 14.6 Å². The van der Waals surface area contributed by atoms with Gasteiger partial charge in [-0.3, -0.25) is 9.69 Å². The lowest BCUT2D eigenvalue weighted by Crippen LogP contribution is -2.52. The highest BCUT2D eigenvalue weighted by atomic mass is 32.2. The topological polar surface area (TPSA) is 79.4 Å². The van der Waals surface area contributed by atoms with E-state index in [4.69, 9.17) is 0 Å². The molecule has 1 amide bonds. The number of hydrogen-bond donors (Lipinski definition) is 1. The lowest BCUT2D eigenvalue weighted by Gasteiger charge is -2.34. The summed E-state index contributed by atoms with van der Waals surface area (Å²) in [5, 5.41) is 5.72. The van der Waals surface area contributed by atoms with Gasteiger partial charge in [0.15, 0.2) is 9.84 Å². The summed E-state index contributed by atoms with van der Waals surface area (Å²) in [5.74, 6) is -0.0824. The fourth-order valence-corrected chi connectivity index (χ4v) is 5.96. The number of nitrogens with one attached hydrogen (secondary N) is 1. The first-order valence-corrected chi connectivity index (χ1v) is 11.0. The van der Waals surface area contributed by atoms with E-state index >= 15 is 0 Å². The highest BCUT2D eigenvalue weighted by molar-refractivity contribution is 7.91. The first-order chi connectivity index (χ1) is 11.4. The molecule has 6 nitrogen and oxygen atoms in total. The van der Waals surface area contributed by atoms with Gasteiger partial charge >= 0.3 is 0 Å². The van der Waals surface area contributed by atoms with E-state index in [2.05, 4.69) is 15.2 Å². The number of aryl methyl sites for hydroxylation is 1. The van der Waals surface area contributed by atoms with Crippen LogP contribution in [0.1, 0.15) is 30.0 Å². The quantitative estimate of drug-likeness (QED) is 0.808. The number of nitrogens with zero attached hydrogens (tertiary/aromatic N) is 2. The molecule has 2 saturated heterocycles. The lowest BCUT2D eigenvalue weighted by atomic mass is 10.0. The van der Waals surface area contributed by atoms with Gasteiger partial charge in [-0.2, -0.15) is 0 Å². The Hall–Kier alpha value is -1.25. The minimum atomic E-state index is -3.09. The zero-order chi connectivity index (χ0) is 17.2. The number of thiazole rings is 1. The van der Waals surface area contributed by atoms with E-state index in [0.717, 1.165) is 36.6 Å². The van der Waals surface area contributed by atoms with E-state index < -0.39 is 9.84 Å². The smallest absolute Gasteiger partial charge is 0.244 e. The van der Waals surface area contributed by atoms with Crippen molar-refractivity contribution in [2.24, 2.45) is 0 Å². The summed E-state index contributed by atoms with van der Waals surface area (Å²) in [6.07, 6.45) is 6.49. The number of carbonyl (C=O) groups excluding carboxylic acids is 1. The standard InChI is InChI=1S/C16H23N3O3S2/c1-12-17-13(9-23-12)5-6-16(20)18-14-10-24(21,22)11-15(14)19-7-3-2-4-8-19/h5-6,9,14-15H,2-4,7-8,10-11H2,1H3,(H,18,20)/b6-5+. The molecule has 2 atom stereocenters. The molecule has 0 spiro atoms. The first-order valence-electron chi connectivity index (χ1n) is 8.28. The van der Waals surface area contributed by atoms with Crippen molar-refractivity contribution in [1.82, 2.24) is 15.2 Å². The zero-order valence-corrected chi connectivity index (χ0v) is 15.4. The highest BCUT2D eigenvalue weighted by Crippen LogP contribution is 2.22. The monoisotopic (exact) mass is 369 g/mol. The molecule has 8 heteroatoms. The number of amides is 1. The van der Waals surface area contributed by atoms with Crippen LogP contribution in [0.4, 0.5) is 0 Å². The Bertz CT molecular complexity index is 721. The number of rotatable bonds is 4. The van der Waals surface area contributed by atoms with E-state index in [1.807, 2.05) is 12.3 Å². The van der Waals surface area contributed by atoms with Crippen LogP contribution < -0.4 is 5.32 Å². The summed E-state index contributed by atoms with van der Waals surface area (Å²) in [7, 11) is -3.09. The molecule has 2 fully saturated rings. The fraction of sp³-hybridized carbons (Fsp3) is 0.625. The number of aromatic nitrogens is 1. The van der Waals surface area contributed by atoms with Gasteiger partial charge in [0.1, 0.15) is 0 Å². The lowest BCUT2D eigenvalue weighted by molar-refractivity contribution is -0.117. The van der Waals surface area contributed by atoms with Crippen LogP contribution >= 0.6 is 11.3 Å². The molecule has 0 aromatic carbocycles. The second-order valence-corrected chi connectivity index (χ2v) is 9.70. The van der Waals surface area contributed by atoms with E-state index in [0.29, 0.717) is 0 Å². The largest absolute Gasteiger partial charge is 0.347 e. The van der Waals surface area contributed by atoms with Gasteiger partial charge in [0.2, 0.25) is 5.91 Å². The van der Waals surface area contributed by atoms with Crippen LogP contribution in [0.25, 0.3) is 6.08 Å². The van der Waals surface area contributed by atoms with Crippen LogP contribution in [-0.4, -0.2) is 60.9 Å². The summed E-state index contributed by atoms with van der Waals surface area (Å²) in [6.45, 7) is 3.75. The third-order valence-electron chi connectivity index (χ3n) is 4.55. The molecule has 24 heavy (non-hydrogen) atoms. The van der Waals surface area contributed by atoms with Gasteiger partial charge in [0.25, 0.3) is 0 Å². The van der Waals surface area contributed by atoms with Crippen LogP contribution in [0.15, 0.2) is 11.5 Å². The molecular weight excluding hydrogens is 346 g/mol. The third kappa shape index (κ3) is 4.43. The van der Waals surface area contributed by atoms with Crippen LogP contribution in [0.5, 0.6) is 0 Å². The van der Waals surface area contributed by atoms with Crippen LogP contribution in [0.3, 0.4) is 0 Å². The molecule has 0 saturated carbocycles. The Kier molecular flexibility index (Phi) is 5.36. The molecule has 1 aromatic heterocycles. The molecule has 3 heterocycles. The summed E-state index contributed by atoms with van der Waals surface area (Å²) < 4.78 is 24.1. The van der Waals surface area contributed by atoms with Crippen LogP contribution in [0.2, 0.25) is 0 Å². The van der Waals surface area contributed by atoms with Crippen molar-refractivity contribution in [1.29, 1.82) is 0 Å². The molecular formula is C16H23N3O3S2. The molecule has 1 N–H and O–H groups in total. The Labute approximate surface area is 146 Å². The molecule has 0 aliphatic carbocycles. The van der Waals surface area contributed by atoms with Crippen molar-refractivity contribution in [3.05, 3.63) is 22.2 Å². The highest BCUT2D eigenvalue weighted by Gasteiger charge is 2.41. The van der Waals surface area contributed by atoms with Crippen LogP contribution in [0, 0.1) is 6.92 Å². The molecule has 132 valence electrons. The number of likely N-dealkylation sites (tertiary alicyclic amines) is 1. The number of carbonyl (C=O) groups is 1. The van der Waals surface area contributed by atoms with E-state index in [1.54, 1.807) is 6.08 Å². The number of piperidine rings is 1. The molecule has 2 aliphatic rings. The maximum absolute atomic E-state index is 12.2. The Morgan fingerprint density at radius 3 is 2.75 bits per heavy atom. The Balaban J connectivity index is 1.64. The minimum Gasteiger partial charge on any atom is -0.347 e. The van der Waals surface area contributed by atoms with Crippen molar-refractivity contribution < 1.29 is 13.2 Å². The summed E-state index contributed by atoms with van der Waals surface area (Å²) in [4.78, 5) is 18.7. The van der Waals surface area contributed by atoms with Gasteiger partial charge < -0.3 is 5.32 Å². The first kappa shape index (κ1) is 17.6. The molecule has 0 bridgehead atoms. The van der Waals surface area contributed by atoms with E-state index in [1.165, 1.54) is 23.8 Å². The van der Waals surface area contributed by atoms with Gasteiger partial charge in [0.05, 0.1) is 28.2 Å². The predicted octanol–water partition coefficient (Wildman–Crippen LogP) is 1.23. The summed E-state index contributed by atoms with van der Waals surface area (Å²) >= 11 is 1.53. The minimum absolute atomic E-state index is 0.0313. The molecule has 0 radical (unpaired) electrons. The van der Waals surface area contributed by atoms with Crippen molar-refractivity contribution in [3.63, 3.8) is 0 Å². The fourth-order valence-electron chi connectivity index (χ4n) is 3.43. The van der Waals surface area contributed by atoms with E-state index in [-0.39, 0.29) is 29.5 Å². The average Bonchev–Trinajstić information content (AvgIpc) is 3.09. The number of sulfone groups is 1. The second kappa shape index (κ2) is 7.33. The second-order valence-electron chi connectivity index (χ2n) is 6.48. The molecule has 1 aromatic rings.